The molecule has 0 aromatic heterocycles. The number of ether oxygens (including phenoxy) is 3. The molecule has 138 valence electrons. The first-order valence-electron chi connectivity index (χ1n) is 7.62. The number of hydrogen-bond acceptors (Lipinski definition) is 9. The van der Waals surface area contributed by atoms with Gasteiger partial charge in [0.15, 0.2) is 5.25 Å². The lowest BCUT2D eigenvalue weighted by molar-refractivity contribution is -0.161. The first-order chi connectivity index (χ1) is 11.1. The molecule has 0 N–H and O–H groups in total. The van der Waals surface area contributed by atoms with Gasteiger partial charge >= 0.3 is 17.9 Å². The highest BCUT2D eigenvalue weighted by Gasteiger charge is 2.36. The molecule has 0 radical (unpaired) electrons. The van der Waals surface area contributed by atoms with Crippen LogP contribution >= 0.6 is 0 Å². The highest BCUT2D eigenvalue weighted by molar-refractivity contribution is 7.87. The van der Waals surface area contributed by atoms with Gasteiger partial charge in [0, 0.05) is 6.42 Å². The van der Waals surface area contributed by atoms with E-state index in [1.54, 1.807) is 0 Å². The number of rotatable bonds is 9. The fraction of sp³-hybridized carbons (Fsp3) is 0.786. The number of carbonyl (C=O) groups excluding carboxylic acids is 3. The second-order valence-corrected chi connectivity index (χ2v) is 7.20. The summed E-state index contributed by atoms with van der Waals surface area (Å²) >= 11 is 0. The normalized spacial score (nSPS) is 20.1. The van der Waals surface area contributed by atoms with Crippen molar-refractivity contribution in [3.05, 3.63) is 0 Å². The van der Waals surface area contributed by atoms with Crippen LogP contribution in [0.15, 0.2) is 0 Å². The van der Waals surface area contributed by atoms with E-state index in [0.717, 1.165) is 12.8 Å². The average Bonchev–Trinajstić information content (AvgIpc) is 2.87. The summed E-state index contributed by atoms with van der Waals surface area (Å²) in [5.41, 5.74) is 0. The van der Waals surface area contributed by atoms with Crippen LogP contribution in [0.5, 0.6) is 0 Å². The van der Waals surface area contributed by atoms with Gasteiger partial charge in [-0.05, 0) is 12.3 Å². The fourth-order valence-electron chi connectivity index (χ4n) is 2.13. The molecule has 24 heavy (non-hydrogen) atoms. The molecule has 1 aliphatic rings. The van der Waals surface area contributed by atoms with Crippen molar-refractivity contribution < 1.29 is 41.6 Å². The molecule has 0 aromatic rings. The molecule has 3 unspecified atom stereocenters. The highest BCUT2D eigenvalue weighted by atomic mass is 32.2. The molecule has 0 saturated carbocycles. The quantitative estimate of drug-likeness (QED) is 0.317. The lowest BCUT2D eigenvalue weighted by Gasteiger charge is -2.20. The number of esters is 3. The average molecular weight is 365 g/mol. The van der Waals surface area contributed by atoms with Gasteiger partial charge in [0.05, 0.1) is 19.6 Å². The largest absolute Gasteiger partial charge is 0.747 e. The first kappa shape index (κ1) is 20.4. The van der Waals surface area contributed by atoms with Crippen LogP contribution in [0.2, 0.25) is 0 Å². The lowest BCUT2D eigenvalue weighted by Crippen LogP contribution is -2.37. The number of hydrogen-bond donors (Lipinski definition) is 0. The minimum absolute atomic E-state index is 0.0307. The Morgan fingerprint density at radius 1 is 1.42 bits per heavy atom. The maximum atomic E-state index is 11.9. The Kier molecular flexibility index (Phi) is 7.61. The Morgan fingerprint density at radius 3 is 2.58 bits per heavy atom. The molecule has 1 saturated heterocycles. The van der Waals surface area contributed by atoms with Gasteiger partial charge < -0.3 is 18.8 Å². The van der Waals surface area contributed by atoms with Crippen molar-refractivity contribution in [1.82, 2.24) is 0 Å². The van der Waals surface area contributed by atoms with Crippen molar-refractivity contribution in [2.45, 2.75) is 50.9 Å². The van der Waals surface area contributed by atoms with Crippen LogP contribution in [0, 0.1) is 5.92 Å². The molecule has 3 atom stereocenters. The predicted molar refractivity (Wildman–Crippen MR) is 78.6 cm³/mol. The Morgan fingerprint density at radius 2 is 2.08 bits per heavy atom. The van der Waals surface area contributed by atoms with Crippen LogP contribution in [0.1, 0.15) is 39.5 Å². The van der Waals surface area contributed by atoms with E-state index in [1.165, 1.54) is 0 Å². The van der Waals surface area contributed by atoms with Gasteiger partial charge in [0.1, 0.15) is 10.1 Å². The highest BCUT2D eigenvalue weighted by Crippen LogP contribution is 2.16. The first-order valence-corrected chi connectivity index (χ1v) is 9.09. The molecule has 0 bridgehead atoms. The SMILES string of the molecule is CCCC(C)COC(=O)CC(C(=O)OC1CCOC1=O)S(=O)(=O)[O-]. The summed E-state index contributed by atoms with van der Waals surface area (Å²) in [6.45, 7) is 3.90. The lowest BCUT2D eigenvalue weighted by atomic mass is 10.1. The minimum atomic E-state index is -5.14. The molecule has 0 aliphatic carbocycles. The van der Waals surface area contributed by atoms with Crippen molar-refractivity contribution in [2.24, 2.45) is 5.92 Å². The van der Waals surface area contributed by atoms with E-state index >= 15 is 0 Å². The van der Waals surface area contributed by atoms with Crippen molar-refractivity contribution in [2.75, 3.05) is 13.2 Å². The zero-order chi connectivity index (χ0) is 18.3. The third-order valence-electron chi connectivity index (χ3n) is 3.42. The van der Waals surface area contributed by atoms with Gasteiger partial charge in [-0.25, -0.2) is 13.2 Å². The predicted octanol–water partition coefficient (Wildman–Crippen LogP) is 0.128. The monoisotopic (exact) mass is 365 g/mol. The third-order valence-corrected chi connectivity index (χ3v) is 4.48. The van der Waals surface area contributed by atoms with Crippen LogP contribution in [0.4, 0.5) is 0 Å². The van der Waals surface area contributed by atoms with Crippen molar-refractivity contribution in [1.29, 1.82) is 0 Å². The molecule has 0 spiro atoms. The summed E-state index contributed by atoms with van der Waals surface area (Å²) in [5.74, 6) is -3.19. The second kappa shape index (κ2) is 8.97. The Bertz CT molecular complexity index is 569. The van der Waals surface area contributed by atoms with Gasteiger partial charge in [-0.1, -0.05) is 20.3 Å². The Hall–Kier alpha value is -1.68. The fourth-order valence-corrected chi connectivity index (χ4v) is 2.76. The van der Waals surface area contributed by atoms with Gasteiger partial charge in [-0.15, -0.1) is 0 Å². The zero-order valence-electron chi connectivity index (χ0n) is 13.6. The van der Waals surface area contributed by atoms with Crippen LogP contribution in [0.3, 0.4) is 0 Å². The molecule has 1 rings (SSSR count). The molecule has 1 heterocycles. The van der Waals surface area contributed by atoms with E-state index in [4.69, 9.17) is 4.74 Å². The molecule has 9 nitrogen and oxygen atoms in total. The molecule has 1 aliphatic heterocycles. The van der Waals surface area contributed by atoms with E-state index in [0.29, 0.717) is 0 Å². The van der Waals surface area contributed by atoms with Crippen LogP contribution in [0.25, 0.3) is 0 Å². The van der Waals surface area contributed by atoms with Gasteiger partial charge in [0.25, 0.3) is 0 Å². The van der Waals surface area contributed by atoms with Crippen LogP contribution < -0.4 is 0 Å². The summed E-state index contributed by atoms with van der Waals surface area (Å²) in [5, 5.41) is -2.25. The summed E-state index contributed by atoms with van der Waals surface area (Å²) in [6, 6.07) is 0. The third kappa shape index (κ3) is 6.44. The molecular weight excluding hydrogens is 344 g/mol. The van der Waals surface area contributed by atoms with Gasteiger partial charge in [-0.3, -0.25) is 9.59 Å². The number of carbonyl (C=O) groups is 3. The Balaban J connectivity index is 2.63. The maximum absolute atomic E-state index is 11.9. The molecular formula is C14H21O9S-. The van der Waals surface area contributed by atoms with Crippen LogP contribution in [-0.4, -0.2) is 55.4 Å². The molecule has 0 amide bonds. The molecule has 0 aromatic carbocycles. The second-order valence-electron chi connectivity index (χ2n) is 5.64. The topological polar surface area (TPSA) is 136 Å². The zero-order valence-corrected chi connectivity index (χ0v) is 14.4. The van der Waals surface area contributed by atoms with Crippen molar-refractivity contribution >= 4 is 28.0 Å². The summed E-state index contributed by atoms with van der Waals surface area (Å²) in [4.78, 5) is 34.8. The van der Waals surface area contributed by atoms with Gasteiger partial charge in [0.2, 0.25) is 6.10 Å². The van der Waals surface area contributed by atoms with Crippen LogP contribution in [-0.2, 0) is 38.7 Å². The summed E-state index contributed by atoms with van der Waals surface area (Å²) in [7, 11) is -5.14. The molecule has 10 heteroatoms. The maximum Gasteiger partial charge on any atom is 0.347 e. The number of cyclic esters (lactones) is 1. The van der Waals surface area contributed by atoms with Crippen molar-refractivity contribution in [3.63, 3.8) is 0 Å². The van der Waals surface area contributed by atoms with E-state index in [9.17, 15) is 27.4 Å². The summed E-state index contributed by atoms with van der Waals surface area (Å²) < 4.78 is 47.8. The Labute approximate surface area is 140 Å². The van der Waals surface area contributed by atoms with E-state index in [1.807, 2.05) is 13.8 Å². The minimum Gasteiger partial charge on any atom is -0.747 e. The van der Waals surface area contributed by atoms with E-state index in [-0.39, 0.29) is 25.6 Å². The molecule has 1 fully saturated rings. The standard InChI is InChI=1S/C14H22O9S/c1-3-4-9(2)8-22-12(15)7-11(24(18,19)20)14(17)23-10-5-6-21-13(10)16/h9-11H,3-8H2,1-2H3,(H,18,19,20)/p-1. The summed E-state index contributed by atoms with van der Waals surface area (Å²) in [6.07, 6.45) is -0.453. The van der Waals surface area contributed by atoms with Gasteiger partial charge in [-0.2, -0.15) is 0 Å². The van der Waals surface area contributed by atoms with Crippen molar-refractivity contribution in [3.8, 4) is 0 Å². The van der Waals surface area contributed by atoms with E-state index in [2.05, 4.69) is 9.47 Å². The smallest absolute Gasteiger partial charge is 0.347 e. The van der Waals surface area contributed by atoms with E-state index < -0.39 is 45.8 Å².